The highest BCUT2D eigenvalue weighted by Crippen LogP contribution is 2.33. The molecule has 0 bridgehead atoms. The molecule has 0 atom stereocenters. The van der Waals surface area contributed by atoms with Crippen molar-refractivity contribution in [2.75, 3.05) is 6.54 Å². The molecule has 0 saturated heterocycles. The van der Waals surface area contributed by atoms with E-state index in [1.54, 1.807) is 28.6 Å². The van der Waals surface area contributed by atoms with Gasteiger partial charge in [-0.05, 0) is 80.1 Å². The lowest BCUT2D eigenvalue weighted by molar-refractivity contribution is -0.152. The van der Waals surface area contributed by atoms with Crippen molar-refractivity contribution in [2.24, 2.45) is 0 Å². The molecule has 1 saturated carbocycles. The number of ether oxygens (including phenoxy) is 1. The monoisotopic (exact) mass is 467 g/mol. The van der Waals surface area contributed by atoms with Crippen LogP contribution in [0.5, 0.6) is 5.75 Å². The number of benzene rings is 3. The van der Waals surface area contributed by atoms with Gasteiger partial charge in [-0.25, -0.2) is 13.2 Å². The zero-order valence-corrected chi connectivity index (χ0v) is 19.7. The van der Waals surface area contributed by atoms with E-state index in [2.05, 4.69) is 0 Å². The van der Waals surface area contributed by atoms with Crippen LogP contribution in [0.4, 0.5) is 0 Å². The van der Waals surface area contributed by atoms with E-state index in [1.165, 1.54) is 13.8 Å². The third-order valence-electron chi connectivity index (χ3n) is 5.94. The van der Waals surface area contributed by atoms with Crippen LogP contribution in [-0.4, -0.2) is 42.0 Å². The molecule has 0 unspecified atom stereocenters. The minimum absolute atomic E-state index is 0.0792. The van der Waals surface area contributed by atoms with Gasteiger partial charge in [0, 0.05) is 12.6 Å². The Hall–Kier alpha value is -2.90. The van der Waals surface area contributed by atoms with Crippen LogP contribution in [0.2, 0.25) is 0 Å². The number of sulfonamides is 1. The van der Waals surface area contributed by atoms with Crippen LogP contribution in [0.3, 0.4) is 0 Å². The molecule has 0 radical (unpaired) electrons. The Bertz CT molecular complexity index is 1250. The van der Waals surface area contributed by atoms with Crippen molar-refractivity contribution in [3.63, 3.8) is 0 Å². The lowest BCUT2D eigenvalue weighted by atomic mass is 10.1. The molecule has 33 heavy (non-hydrogen) atoms. The van der Waals surface area contributed by atoms with Gasteiger partial charge in [0.1, 0.15) is 5.75 Å². The Balaban J connectivity index is 1.41. The van der Waals surface area contributed by atoms with Crippen LogP contribution < -0.4 is 4.74 Å². The lowest BCUT2D eigenvalue weighted by Gasteiger charge is -2.22. The fourth-order valence-corrected chi connectivity index (χ4v) is 5.59. The van der Waals surface area contributed by atoms with Crippen LogP contribution in [0, 0.1) is 0 Å². The molecular weight excluding hydrogens is 438 g/mol. The van der Waals surface area contributed by atoms with Crippen LogP contribution >= 0.6 is 0 Å². The van der Waals surface area contributed by atoms with Crippen LogP contribution in [0.25, 0.3) is 10.8 Å². The van der Waals surface area contributed by atoms with Crippen molar-refractivity contribution in [1.29, 1.82) is 0 Å². The summed E-state index contributed by atoms with van der Waals surface area (Å²) in [6.45, 7) is 3.47. The lowest BCUT2D eigenvalue weighted by Crippen LogP contribution is -2.37. The normalized spacial score (nSPS) is 14.5. The second kappa shape index (κ2) is 9.15. The quantitative estimate of drug-likeness (QED) is 0.460. The van der Waals surface area contributed by atoms with Crippen molar-refractivity contribution in [1.82, 2.24) is 4.31 Å². The third kappa shape index (κ3) is 5.37. The molecule has 1 aliphatic carbocycles. The third-order valence-corrected chi connectivity index (χ3v) is 7.88. The highest BCUT2D eigenvalue weighted by molar-refractivity contribution is 7.89. The maximum absolute atomic E-state index is 13.4. The second-order valence-electron chi connectivity index (χ2n) is 9.02. The van der Waals surface area contributed by atoms with E-state index in [9.17, 15) is 18.3 Å². The summed E-state index contributed by atoms with van der Waals surface area (Å²) in [5, 5.41) is 11.1. The molecule has 7 heteroatoms. The Morgan fingerprint density at radius 1 is 1.03 bits per heavy atom. The number of hydrogen-bond donors (Lipinski definition) is 1. The largest absolute Gasteiger partial charge is 0.478 e. The van der Waals surface area contributed by atoms with Gasteiger partial charge in [0.05, 0.1) is 4.90 Å². The number of aliphatic carboxylic acids is 1. The number of fused-ring (bicyclic) bond motifs is 1. The van der Waals surface area contributed by atoms with Gasteiger partial charge in [0.25, 0.3) is 0 Å². The summed E-state index contributed by atoms with van der Waals surface area (Å²) >= 11 is 0. The zero-order chi connectivity index (χ0) is 23.6. The molecule has 1 N–H and O–H groups in total. The summed E-state index contributed by atoms with van der Waals surface area (Å²) in [5.41, 5.74) is -0.252. The summed E-state index contributed by atoms with van der Waals surface area (Å²) in [6, 6.07) is 20.5. The summed E-state index contributed by atoms with van der Waals surface area (Å²) in [4.78, 5) is 11.6. The summed E-state index contributed by atoms with van der Waals surface area (Å²) in [5.74, 6) is -0.538. The van der Waals surface area contributed by atoms with E-state index < -0.39 is 21.6 Å². The van der Waals surface area contributed by atoms with Crippen molar-refractivity contribution in [3.8, 4) is 5.75 Å². The molecule has 1 aliphatic rings. The second-order valence-corrected chi connectivity index (χ2v) is 10.9. The van der Waals surface area contributed by atoms with E-state index >= 15 is 0 Å². The zero-order valence-electron chi connectivity index (χ0n) is 18.9. The standard InChI is InChI=1S/C26H29NO5S/c1-26(2,25(28)29)32-23-14-9-19(10-15-23)6-5-17-27(22-12-13-22)33(30,31)24-16-11-20-7-3-4-8-21(20)18-24/h3-4,7-11,14-16,18,22H,5-6,12-13,17H2,1-2H3,(H,28,29). The van der Waals surface area contributed by atoms with Gasteiger partial charge in [-0.3, -0.25) is 0 Å². The van der Waals surface area contributed by atoms with E-state index in [-0.39, 0.29) is 6.04 Å². The van der Waals surface area contributed by atoms with Crippen LogP contribution in [-0.2, 0) is 21.2 Å². The molecule has 3 aromatic rings. The molecule has 0 heterocycles. The highest BCUT2D eigenvalue weighted by Gasteiger charge is 2.37. The van der Waals surface area contributed by atoms with Crippen molar-refractivity contribution in [2.45, 2.75) is 56.1 Å². The summed E-state index contributed by atoms with van der Waals surface area (Å²) in [7, 11) is -3.56. The first-order valence-electron chi connectivity index (χ1n) is 11.2. The Morgan fingerprint density at radius 2 is 1.70 bits per heavy atom. The number of nitrogens with zero attached hydrogens (tertiary/aromatic N) is 1. The van der Waals surface area contributed by atoms with Gasteiger partial charge in [0.15, 0.2) is 5.60 Å². The molecule has 0 aromatic heterocycles. The average molecular weight is 468 g/mol. The smallest absolute Gasteiger partial charge is 0.347 e. The number of carboxylic acids is 1. The first-order chi connectivity index (χ1) is 15.7. The Morgan fingerprint density at radius 3 is 2.33 bits per heavy atom. The van der Waals surface area contributed by atoms with Gasteiger partial charge >= 0.3 is 5.97 Å². The minimum atomic E-state index is -3.56. The predicted molar refractivity (Wildman–Crippen MR) is 128 cm³/mol. The first kappa shape index (κ1) is 23.3. The van der Waals surface area contributed by atoms with E-state index in [1.807, 2.05) is 42.5 Å². The van der Waals surface area contributed by atoms with Crippen LogP contribution in [0.1, 0.15) is 38.7 Å². The maximum atomic E-state index is 13.4. The molecule has 0 spiro atoms. The molecule has 0 aliphatic heterocycles. The van der Waals surface area contributed by atoms with Crippen LogP contribution in [0.15, 0.2) is 71.6 Å². The van der Waals surface area contributed by atoms with E-state index in [0.717, 1.165) is 35.6 Å². The van der Waals surface area contributed by atoms with E-state index in [0.29, 0.717) is 23.6 Å². The number of rotatable bonds is 10. The molecule has 0 amide bonds. The van der Waals surface area contributed by atoms with Gasteiger partial charge in [-0.1, -0.05) is 42.5 Å². The van der Waals surface area contributed by atoms with Crippen molar-refractivity contribution < 1.29 is 23.1 Å². The van der Waals surface area contributed by atoms with E-state index in [4.69, 9.17) is 4.74 Å². The fraction of sp³-hybridized carbons (Fsp3) is 0.346. The van der Waals surface area contributed by atoms with Gasteiger partial charge in [0.2, 0.25) is 10.0 Å². The first-order valence-corrected chi connectivity index (χ1v) is 12.6. The molecular formula is C26H29NO5S. The molecule has 1 fully saturated rings. The predicted octanol–water partition coefficient (Wildman–Crippen LogP) is 4.87. The molecule has 6 nitrogen and oxygen atoms in total. The average Bonchev–Trinajstić information content (AvgIpc) is 3.62. The minimum Gasteiger partial charge on any atom is -0.478 e. The van der Waals surface area contributed by atoms with Crippen molar-refractivity contribution in [3.05, 3.63) is 72.3 Å². The molecule has 3 aromatic carbocycles. The number of hydrogen-bond acceptors (Lipinski definition) is 4. The number of carboxylic acid groups (broad SMARTS) is 1. The number of carbonyl (C=O) groups is 1. The Labute approximate surface area is 194 Å². The Kier molecular flexibility index (Phi) is 6.45. The topological polar surface area (TPSA) is 83.9 Å². The van der Waals surface area contributed by atoms with Gasteiger partial charge in [-0.2, -0.15) is 4.31 Å². The SMILES string of the molecule is CC(C)(Oc1ccc(CCCN(C2CC2)S(=O)(=O)c2ccc3ccccc3c2)cc1)C(=O)O. The molecule has 174 valence electrons. The summed E-state index contributed by atoms with van der Waals surface area (Å²) < 4.78 is 34.0. The van der Waals surface area contributed by atoms with Gasteiger partial charge in [-0.15, -0.1) is 0 Å². The van der Waals surface area contributed by atoms with Gasteiger partial charge < -0.3 is 9.84 Å². The van der Waals surface area contributed by atoms with Crippen molar-refractivity contribution >= 4 is 26.8 Å². The fourth-order valence-electron chi connectivity index (χ4n) is 3.83. The summed E-state index contributed by atoms with van der Waals surface area (Å²) in [6.07, 6.45) is 3.22. The maximum Gasteiger partial charge on any atom is 0.347 e. The number of aryl methyl sites for hydroxylation is 1. The molecule has 4 rings (SSSR count). The highest BCUT2D eigenvalue weighted by atomic mass is 32.2.